The molecule has 2 aromatic heterocycles. The molecule has 10 nitrogen and oxygen atoms in total. The van der Waals surface area contributed by atoms with E-state index in [1.165, 1.54) is 23.6 Å². The van der Waals surface area contributed by atoms with Crippen LogP contribution in [0.5, 0.6) is 0 Å². The molecule has 0 fully saturated rings. The van der Waals surface area contributed by atoms with Gasteiger partial charge in [0.05, 0.1) is 16.0 Å². The summed E-state index contributed by atoms with van der Waals surface area (Å²) < 4.78 is 24.3. The molecule has 130 valence electrons. The Morgan fingerprint density at radius 1 is 1.48 bits per heavy atom. The van der Waals surface area contributed by atoms with Gasteiger partial charge in [0.1, 0.15) is 11.4 Å². The van der Waals surface area contributed by atoms with E-state index < -0.39 is 20.6 Å². The van der Waals surface area contributed by atoms with Crippen LogP contribution in [0.1, 0.15) is 5.69 Å². The van der Waals surface area contributed by atoms with E-state index >= 15 is 0 Å². The number of hydrogen-bond donors (Lipinski definition) is 2. The summed E-state index contributed by atoms with van der Waals surface area (Å²) in [4.78, 5) is 14.8. The Kier molecular flexibility index (Phi) is 4.43. The third kappa shape index (κ3) is 3.46. The number of benzene rings is 1. The summed E-state index contributed by atoms with van der Waals surface area (Å²) in [7, 11) is -4.05. The second kappa shape index (κ2) is 6.40. The maximum absolute atomic E-state index is 11.3. The quantitative estimate of drug-likeness (QED) is 0.380. The normalized spacial score (nSPS) is 12.1. The number of hydrogen-bond acceptors (Lipinski definition) is 8. The molecule has 13 heteroatoms. The summed E-state index contributed by atoms with van der Waals surface area (Å²) in [5.41, 5.74) is 2.50. The highest BCUT2D eigenvalue weighted by Crippen LogP contribution is 2.27. The lowest BCUT2D eigenvalue weighted by Crippen LogP contribution is -2.12. The fourth-order valence-corrected chi connectivity index (χ4v) is 3.51. The van der Waals surface area contributed by atoms with Crippen LogP contribution in [0.3, 0.4) is 0 Å². The summed E-state index contributed by atoms with van der Waals surface area (Å²) in [5.74, 6) is 0. The fraction of sp³-hybridized carbons (Fsp3) is 0. The number of hydrazone groups is 1. The molecule has 0 atom stereocenters. The predicted molar refractivity (Wildman–Crippen MR) is 93.8 cm³/mol. The number of nitrogens with two attached hydrogens (primary N) is 1. The number of nitro groups is 1. The number of nitrogens with zero attached hydrogens (tertiary/aromatic N) is 4. The minimum atomic E-state index is -4.05. The van der Waals surface area contributed by atoms with E-state index in [0.717, 1.165) is 12.1 Å². The maximum Gasteiger partial charge on any atom is 0.295 e. The van der Waals surface area contributed by atoms with Gasteiger partial charge in [-0.2, -0.15) is 5.10 Å². The predicted octanol–water partition coefficient (Wildman–Crippen LogP) is 2.05. The van der Waals surface area contributed by atoms with E-state index in [9.17, 15) is 18.5 Å². The lowest BCUT2D eigenvalue weighted by atomic mass is 10.3. The van der Waals surface area contributed by atoms with Crippen LogP contribution >= 0.6 is 22.9 Å². The lowest BCUT2D eigenvalue weighted by molar-refractivity contribution is -0.384. The molecule has 3 aromatic rings. The summed E-state index contributed by atoms with van der Waals surface area (Å²) in [6, 6.07) is 3.20. The first-order chi connectivity index (χ1) is 11.8. The first kappa shape index (κ1) is 17.3. The zero-order valence-corrected chi connectivity index (χ0v) is 14.5. The molecule has 0 radical (unpaired) electrons. The van der Waals surface area contributed by atoms with Crippen molar-refractivity contribution in [3.8, 4) is 0 Å². The summed E-state index contributed by atoms with van der Waals surface area (Å²) >= 11 is 7.40. The number of halogens is 1. The number of rotatable bonds is 5. The molecular weight excluding hydrogens is 392 g/mol. The van der Waals surface area contributed by atoms with Crippen molar-refractivity contribution in [2.45, 2.75) is 4.90 Å². The number of primary sulfonamides is 1. The highest BCUT2D eigenvalue weighted by molar-refractivity contribution is 7.89. The standard InChI is InChI=1S/C12H9ClN6O4S2/c13-11-10(18-3-4-24-12(18)16-11)6-15-17-8-2-1-7(25(14,22)23)5-9(8)19(20)21/h1-6,17H,(H2,14,22,23)/b15-6+. The number of fused-ring (bicyclic) bond motifs is 1. The Morgan fingerprint density at radius 3 is 2.92 bits per heavy atom. The highest BCUT2D eigenvalue weighted by Gasteiger charge is 2.19. The van der Waals surface area contributed by atoms with Crippen LogP contribution < -0.4 is 10.6 Å². The molecule has 25 heavy (non-hydrogen) atoms. The van der Waals surface area contributed by atoms with Gasteiger partial charge in [0.2, 0.25) is 10.0 Å². The molecule has 0 spiro atoms. The molecule has 0 aliphatic heterocycles. The fourth-order valence-electron chi connectivity index (χ4n) is 1.99. The number of imidazole rings is 1. The number of nitro benzene ring substituents is 1. The van der Waals surface area contributed by atoms with Gasteiger partial charge in [-0.1, -0.05) is 11.6 Å². The van der Waals surface area contributed by atoms with E-state index in [-0.39, 0.29) is 15.7 Å². The maximum atomic E-state index is 11.3. The third-order valence-electron chi connectivity index (χ3n) is 3.12. The van der Waals surface area contributed by atoms with Crippen molar-refractivity contribution in [3.05, 3.63) is 50.7 Å². The van der Waals surface area contributed by atoms with Crippen LogP contribution in [-0.4, -0.2) is 28.9 Å². The van der Waals surface area contributed by atoms with Gasteiger partial charge >= 0.3 is 0 Å². The molecule has 0 unspecified atom stereocenters. The van der Waals surface area contributed by atoms with Gasteiger partial charge < -0.3 is 0 Å². The lowest BCUT2D eigenvalue weighted by Gasteiger charge is -2.04. The highest BCUT2D eigenvalue weighted by atomic mass is 35.5. The molecule has 0 amide bonds. The number of aromatic nitrogens is 2. The van der Waals surface area contributed by atoms with Crippen LogP contribution in [0, 0.1) is 10.1 Å². The molecular formula is C12H9ClN6O4S2. The van der Waals surface area contributed by atoms with Gasteiger partial charge in [-0.3, -0.25) is 19.9 Å². The minimum Gasteiger partial charge on any atom is -0.288 e. The zero-order valence-electron chi connectivity index (χ0n) is 12.2. The molecule has 3 N–H and O–H groups in total. The SMILES string of the molecule is NS(=O)(=O)c1ccc(N/N=C/c2c(Cl)nc3sccn23)c([N+](=O)[O-])c1. The van der Waals surface area contributed by atoms with Crippen molar-refractivity contribution in [3.63, 3.8) is 0 Å². The van der Waals surface area contributed by atoms with Crippen LogP contribution in [0.2, 0.25) is 5.15 Å². The van der Waals surface area contributed by atoms with Crippen molar-refractivity contribution in [1.82, 2.24) is 9.38 Å². The number of thiazole rings is 1. The van der Waals surface area contributed by atoms with E-state index in [4.69, 9.17) is 16.7 Å². The van der Waals surface area contributed by atoms with Crippen molar-refractivity contribution in [1.29, 1.82) is 0 Å². The molecule has 3 rings (SSSR count). The Hall–Kier alpha value is -2.54. The largest absolute Gasteiger partial charge is 0.295 e. The van der Waals surface area contributed by atoms with Crippen molar-refractivity contribution in [2.24, 2.45) is 10.2 Å². The topological polar surface area (TPSA) is 145 Å². The van der Waals surface area contributed by atoms with Crippen LogP contribution in [-0.2, 0) is 10.0 Å². The summed E-state index contributed by atoms with van der Waals surface area (Å²) in [6.45, 7) is 0. The van der Waals surface area contributed by atoms with Gasteiger partial charge in [-0.25, -0.2) is 18.5 Å². The number of sulfonamides is 1. The summed E-state index contributed by atoms with van der Waals surface area (Å²) in [5, 5.41) is 22.1. The molecule has 1 aromatic carbocycles. The van der Waals surface area contributed by atoms with Gasteiger partial charge in [-0.15, -0.1) is 11.3 Å². The van der Waals surface area contributed by atoms with E-state index in [0.29, 0.717) is 10.7 Å². The molecule has 0 bridgehead atoms. The van der Waals surface area contributed by atoms with Crippen molar-refractivity contribution >= 4 is 55.5 Å². The van der Waals surface area contributed by atoms with E-state index in [2.05, 4.69) is 15.5 Å². The molecule has 0 saturated heterocycles. The van der Waals surface area contributed by atoms with Gasteiger partial charge in [-0.05, 0) is 12.1 Å². The molecule has 0 aliphatic rings. The monoisotopic (exact) mass is 400 g/mol. The average Bonchev–Trinajstić information content (AvgIpc) is 3.08. The van der Waals surface area contributed by atoms with E-state index in [1.807, 2.05) is 5.38 Å². The van der Waals surface area contributed by atoms with Crippen molar-refractivity contribution in [2.75, 3.05) is 5.43 Å². The minimum absolute atomic E-state index is 0.00384. The molecule has 2 heterocycles. The van der Waals surface area contributed by atoms with E-state index in [1.54, 1.807) is 10.6 Å². The second-order valence-electron chi connectivity index (χ2n) is 4.69. The van der Waals surface area contributed by atoms with Gasteiger partial charge in [0.25, 0.3) is 5.69 Å². The first-order valence-electron chi connectivity index (χ1n) is 6.49. The van der Waals surface area contributed by atoms with Gasteiger partial charge in [0.15, 0.2) is 10.1 Å². The van der Waals surface area contributed by atoms with Crippen molar-refractivity contribution < 1.29 is 13.3 Å². The Labute approximate surface area is 149 Å². The smallest absolute Gasteiger partial charge is 0.288 e. The number of anilines is 1. The Morgan fingerprint density at radius 2 is 2.24 bits per heavy atom. The number of nitrogens with one attached hydrogen (secondary N) is 1. The molecule has 0 saturated carbocycles. The third-order valence-corrected chi connectivity index (χ3v) is 5.07. The first-order valence-corrected chi connectivity index (χ1v) is 9.29. The second-order valence-corrected chi connectivity index (χ2v) is 7.49. The Bertz CT molecular complexity index is 1100. The molecule has 0 aliphatic carbocycles. The average molecular weight is 401 g/mol. The van der Waals surface area contributed by atoms with Crippen LogP contribution in [0.4, 0.5) is 11.4 Å². The summed E-state index contributed by atoms with van der Waals surface area (Å²) in [6.07, 6.45) is 3.11. The van der Waals surface area contributed by atoms with Crippen LogP contribution in [0.25, 0.3) is 4.96 Å². The van der Waals surface area contributed by atoms with Crippen LogP contribution in [0.15, 0.2) is 39.8 Å². The zero-order chi connectivity index (χ0) is 18.2. The van der Waals surface area contributed by atoms with Gasteiger partial charge in [0, 0.05) is 17.6 Å². The Balaban J connectivity index is 1.91.